The number of Topliss-reactive ketones (excluding diaryl/α,β-unsaturated/α-hetero) is 1. The van der Waals surface area contributed by atoms with Crippen LogP contribution in [0.3, 0.4) is 0 Å². The lowest BCUT2D eigenvalue weighted by atomic mass is 9.56. The summed E-state index contributed by atoms with van der Waals surface area (Å²) in [7, 11) is -4.02. The van der Waals surface area contributed by atoms with Gasteiger partial charge in [-0.15, -0.1) is 0 Å². The van der Waals surface area contributed by atoms with Gasteiger partial charge in [0.15, 0.2) is 5.78 Å². The summed E-state index contributed by atoms with van der Waals surface area (Å²) < 4.78 is 29.6. The van der Waals surface area contributed by atoms with Gasteiger partial charge in [0.1, 0.15) is 0 Å². The van der Waals surface area contributed by atoms with Gasteiger partial charge in [-0.1, -0.05) is 74.0 Å². The second-order valence-electron chi connectivity index (χ2n) is 11.7. The highest BCUT2D eigenvalue weighted by Crippen LogP contribution is 2.50. The van der Waals surface area contributed by atoms with Gasteiger partial charge in [0.2, 0.25) is 11.8 Å². The van der Waals surface area contributed by atoms with E-state index in [4.69, 9.17) is 16.1 Å². The summed E-state index contributed by atoms with van der Waals surface area (Å²) >= 11 is 1.79. The molecule has 248 valence electrons. The van der Waals surface area contributed by atoms with E-state index in [9.17, 15) is 28.0 Å². The Hall–Kier alpha value is -3.07. The van der Waals surface area contributed by atoms with E-state index >= 15 is 0 Å². The van der Waals surface area contributed by atoms with Gasteiger partial charge >= 0.3 is 0 Å². The molecule has 1 aliphatic heterocycles. The minimum absolute atomic E-state index is 0.0272. The van der Waals surface area contributed by atoms with Crippen LogP contribution in [0.2, 0.25) is 0 Å². The summed E-state index contributed by atoms with van der Waals surface area (Å²) in [6.07, 6.45) is 5.22. The highest BCUT2D eigenvalue weighted by molar-refractivity contribution is 7.99. The SMILES string of the molecule is CC(C)C[C@H](C(=O)NN)[C@@H](C(=O)NO)C(/C=C/c1ccccc1)(C(=O)[C@@H](C)N)C1CCSCC1.Cc1ccc(S(=O)(=O)O)cc1. The van der Waals surface area contributed by atoms with Crippen LogP contribution in [-0.2, 0) is 24.5 Å². The van der Waals surface area contributed by atoms with Crippen LogP contribution in [0.25, 0.3) is 6.08 Å². The standard InChI is InChI=1S/C25H38N4O4S.C7H8O3S/c1-16(2)15-20(23(31)28-27)21(24(32)29-33)25(22(30)17(3)26,19-10-13-34-14-11-19)12-9-18-7-5-4-6-8-18;1-6-2-4-7(5-3-6)11(8,9)10/h4-9,12,16-17,19-21,33H,10-11,13-15,26-27H2,1-3H3,(H,28,31)(H,29,32);2-5H,1H3,(H,8,9,10)/b12-9+;/t17-,20+,21+,25?;/m1./s1. The highest BCUT2D eigenvalue weighted by Gasteiger charge is 2.56. The zero-order valence-electron chi connectivity index (χ0n) is 26.2. The Balaban J connectivity index is 0.000000537. The van der Waals surface area contributed by atoms with E-state index in [0.717, 1.165) is 22.6 Å². The first-order valence-electron chi connectivity index (χ1n) is 14.8. The number of aryl methyl sites for hydroxylation is 1. The fraction of sp³-hybridized carbons (Fsp3) is 0.469. The minimum atomic E-state index is -4.02. The Labute approximate surface area is 270 Å². The summed E-state index contributed by atoms with van der Waals surface area (Å²) in [6.45, 7) is 7.29. The van der Waals surface area contributed by atoms with Crippen molar-refractivity contribution in [3.63, 3.8) is 0 Å². The van der Waals surface area contributed by atoms with Gasteiger partial charge in [0.05, 0.1) is 28.2 Å². The molecule has 0 radical (unpaired) electrons. The molecular weight excluding hydrogens is 617 g/mol. The van der Waals surface area contributed by atoms with Crippen molar-refractivity contribution in [1.29, 1.82) is 0 Å². The van der Waals surface area contributed by atoms with Crippen molar-refractivity contribution in [2.75, 3.05) is 11.5 Å². The summed E-state index contributed by atoms with van der Waals surface area (Å²) in [6, 6.07) is 14.6. The molecule has 2 aromatic carbocycles. The molecule has 1 saturated heterocycles. The van der Waals surface area contributed by atoms with E-state index in [-0.39, 0.29) is 22.5 Å². The van der Waals surface area contributed by atoms with E-state index in [1.165, 1.54) is 12.1 Å². The average Bonchev–Trinajstić information content (AvgIpc) is 3.02. The number of hydroxylamine groups is 1. The molecule has 0 bridgehead atoms. The van der Waals surface area contributed by atoms with Crippen molar-refractivity contribution in [2.24, 2.45) is 40.7 Å². The fourth-order valence-corrected chi connectivity index (χ4v) is 7.41. The van der Waals surface area contributed by atoms with E-state index in [1.54, 1.807) is 42.4 Å². The average molecular weight is 663 g/mol. The number of benzene rings is 2. The third-order valence-electron chi connectivity index (χ3n) is 7.92. The van der Waals surface area contributed by atoms with Crippen molar-refractivity contribution < 1.29 is 32.6 Å². The molecule has 45 heavy (non-hydrogen) atoms. The number of carbonyl (C=O) groups is 3. The molecular formula is C32H46N4O7S2. The lowest BCUT2D eigenvalue weighted by Crippen LogP contribution is -2.59. The quantitative estimate of drug-likeness (QED) is 0.0639. The topological polar surface area (TPSA) is 202 Å². The van der Waals surface area contributed by atoms with E-state index in [0.29, 0.717) is 19.3 Å². The zero-order valence-corrected chi connectivity index (χ0v) is 27.8. The van der Waals surface area contributed by atoms with Crippen LogP contribution in [-0.4, -0.2) is 53.3 Å². The second-order valence-corrected chi connectivity index (χ2v) is 14.3. The highest BCUT2D eigenvalue weighted by atomic mass is 32.2. The van der Waals surface area contributed by atoms with Crippen molar-refractivity contribution in [2.45, 2.75) is 57.9 Å². The first-order valence-corrected chi connectivity index (χ1v) is 17.4. The maximum absolute atomic E-state index is 14.0. The Morgan fingerprint density at radius 3 is 2.07 bits per heavy atom. The Morgan fingerprint density at radius 2 is 1.60 bits per heavy atom. The molecule has 13 heteroatoms. The number of hydrogen-bond acceptors (Lipinski definition) is 9. The summed E-state index contributed by atoms with van der Waals surface area (Å²) in [5.41, 5.74) is 10.5. The largest absolute Gasteiger partial charge is 0.322 e. The Kier molecular flexibility index (Phi) is 14.9. The van der Waals surface area contributed by atoms with Crippen LogP contribution in [0.4, 0.5) is 0 Å². The molecule has 2 amide bonds. The number of allylic oxidation sites excluding steroid dienone is 1. The summed E-state index contributed by atoms with van der Waals surface area (Å²) in [5, 5.41) is 9.78. The maximum Gasteiger partial charge on any atom is 0.294 e. The summed E-state index contributed by atoms with van der Waals surface area (Å²) in [5.74, 6) is 3.13. The minimum Gasteiger partial charge on any atom is -0.322 e. The maximum atomic E-state index is 14.0. The molecule has 11 nitrogen and oxygen atoms in total. The van der Waals surface area contributed by atoms with Crippen molar-refractivity contribution in [3.8, 4) is 0 Å². The predicted molar refractivity (Wildman–Crippen MR) is 176 cm³/mol. The molecule has 0 spiro atoms. The molecule has 0 aliphatic carbocycles. The number of nitrogens with two attached hydrogens (primary N) is 2. The van der Waals surface area contributed by atoms with Gasteiger partial charge in [0, 0.05) is 0 Å². The normalized spacial score (nSPS) is 17.4. The summed E-state index contributed by atoms with van der Waals surface area (Å²) in [4.78, 5) is 40.4. The molecule has 0 saturated carbocycles. The Bertz CT molecular complexity index is 1390. The van der Waals surface area contributed by atoms with Gasteiger partial charge in [-0.25, -0.2) is 11.3 Å². The van der Waals surface area contributed by atoms with Crippen LogP contribution in [0.15, 0.2) is 65.6 Å². The number of carbonyl (C=O) groups excluding carboxylic acids is 3. The van der Waals surface area contributed by atoms with Crippen molar-refractivity contribution in [3.05, 3.63) is 71.8 Å². The Morgan fingerprint density at radius 1 is 1.02 bits per heavy atom. The van der Waals surface area contributed by atoms with Gasteiger partial charge in [-0.2, -0.15) is 20.2 Å². The first kappa shape index (κ1) is 38.1. The number of thioether (sulfide) groups is 1. The lowest BCUT2D eigenvalue weighted by molar-refractivity contribution is -0.154. The van der Waals surface area contributed by atoms with Crippen LogP contribution >= 0.6 is 11.8 Å². The third kappa shape index (κ3) is 10.5. The molecule has 1 aliphatic rings. The van der Waals surface area contributed by atoms with E-state index in [1.807, 2.05) is 57.2 Å². The number of amides is 2. The monoisotopic (exact) mass is 662 g/mol. The number of nitrogens with one attached hydrogen (secondary N) is 2. The van der Waals surface area contributed by atoms with Crippen LogP contribution in [0.1, 0.15) is 51.2 Å². The predicted octanol–water partition coefficient (Wildman–Crippen LogP) is 3.76. The molecule has 8 N–H and O–H groups in total. The molecule has 1 fully saturated rings. The van der Waals surface area contributed by atoms with Crippen LogP contribution in [0, 0.1) is 36.0 Å². The van der Waals surface area contributed by atoms with E-state index in [2.05, 4.69) is 5.43 Å². The van der Waals surface area contributed by atoms with Crippen molar-refractivity contribution >= 4 is 45.6 Å². The molecule has 4 atom stereocenters. The molecule has 2 aromatic rings. The van der Waals surface area contributed by atoms with Gasteiger partial charge in [-0.3, -0.25) is 29.6 Å². The van der Waals surface area contributed by atoms with E-state index < -0.39 is 45.2 Å². The number of rotatable bonds is 12. The molecule has 3 rings (SSSR count). The molecule has 1 unspecified atom stereocenters. The van der Waals surface area contributed by atoms with Crippen LogP contribution in [0.5, 0.6) is 0 Å². The number of ketones is 1. The lowest BCUT2D eigenvalue weighted by Gasteiger charge is -2.47. The van der Waals surface area contributed by atoms with Gasteiger partial charge in [0.25, 0.3) is 10.1 Å². The fourth-order valence-electron chi connectivity index (χ4n) is 5.82. The van der Waals surface area contributed by atoms with Crippen molar-refractivity contribution in [1.82, 2.24) is 10.9 Å². The number of hydrogen-bond donors (Lipinski definition) is 6. The van der Waals surface area contributed by atoms with Gasteiger partial charge in [-0.05, 0) is 74.1 Å². The molecule has 1 heterocycles. The first-order chi connectivity index (χ1) is 21.2. The third-order valence-corrected chi connectivity index (χ3v) is 9.84. The number of hydrazine groups is 1. The zero-order chi connectivity index (χ0) is 33.8. The van der Waals surface area contributed by atoms with Crippen LogP contribution < -0.4 is 22.5 Å². The molecule has 0 aromatic heterocycles. The second kappa shape index (κ2) is 17.6. The smallest absolute Gasteiger partial charge is 0.294 e. The van der Waals surface area contributed by atoms with Gasteiger partial charge < -0.3 is 5.73 Å².